The third kappa shape index (κ3) is 14.9. The number of nitrogens with zero attached hydrogens (tertiary/aromatic N) is 2. The quantitative estimate of drug-likeness (QED) is 0.179. The molecule has 2 nitrogen and oxygen atoms in total. The Morgan fingerprint density at radius 1 is 0.550 bits per heavy atom. The van der Waals surface area contributed by atoms with Crippen LogP contribution in [0.2, 0.25) is 0 Å². The Hall–Kier alpha value is -2.26. The molecule has 0 saturated carbocycles. The summed E-state index contributed by atoms with van der Waals surface area (Å²) in [6.45, 7) is 19.3. The molecule has 0 aliphatic heterocycles. The van der Waals surface area contributed by atoms with Crippen molar-refractivity contribution < 1.29 is 32.7 Å². The zero-order valence-electron chi connectivity index (χ0n) is 27.4. The summed E-state index contributed by atoms with van der Waals surface area (Å²) in [4.78, 5) is 2.12. The Labute approximate surface area is 272 Å². The van der Waals surface area contributed by atoms with Crippen LogP contribution in [0.5, 0.6) is 0 Å². The fourth-order valence-corrected chi connectivity index (χ4v) is 3.24. The monoisotopic (exact) mass is 615 g/mol. The van der Waals surface area contributed by atoms with Gasteiger partial charge in [-0.2, -0.15) is 48.5 Å². The molecule has 1 heterocycles. The Morgan fingerprint density at radius 2 is 0.850 bits per heavy atom. The van der Waals surface area contributed by atoms with Crippen LogP contribution in [0.15, 0.2) is 97.1 Å². The van der Waals surface area contributed by atoms with Crippen molar-refractivity contribution in [3.63, 3.8) is 0 Å². The van der Waals surface area contributed by atoms with E-state index in [-0.39, 0.29) is 32.7 Å². The van der Waals surface area contributed by atoms with E-state index >= 15 is 0 Å². The van der Waals surface area contributed by atoms with E-state index in [0.29, 0.717) is 0 Å². The van der Waals surface area contributed by atoms with Gasteiger partial charge in [0, 0.05) is 61.6 Å². The predicted molar refractivity (Wildman–Crippen MR) is 180 cm³/mol. The van der Waals surface area contributed by atoms with Gasteiger partial charge < -0.3 is 9.47 Å². The number of rotatable bonds is 2. The van der Waals surface area contributed by atoms with E-state index in [4.69, 9.17) is 0 Å². The van der Waals surface area contributed by atoms with Crippen molar-refractivity contribution in [1.82, 2.24) is 9.47 Å². The molecule has 0 fully saturated rings. The first-order valence-electron chi connectivity index (χ1n) is 14.6. The number of fused-ring (bicyclic) bond motifs is 3. The molecule has 4 aromatic carbocycles. The zero-order chi connectivity index (χ0) is 30.1. The number of para-hydroxylation sites is 2. The van der Waals surface area contributed by atoms with Gasteiger partial charge in [-0.15, -0.1) is 12.1 Å². The van der Waals surface area contributed by atoms with Gasteiger partial charge in [0.15, 0.2) is 0 Å². The second-order valence-corrected chi connectivity index (χ2v) is 7.54. The van der Waals surface area contributed by atoms with Crippen molar-refractivity contribution in [3.8, 4) is 11.1 Å². The molecule has 1 aromatic heterocycles. The van der Waals surface area contributed by atoms with Crippen LogP contribution >= 0.6 is 0 Å². The molecule has 217 valence electrons. The molecule has 0 amide bonds. The second-order valence-electron chi connectivity index (χ2n) is 7.54. The molecule has 0 aliphatic carbocycles. The smallest absolute Gasteiger partial charge is 0.0488 e. The molecule has 40 heavy (non-hydrogen) atoms. The summed E-state index contributed by atoms with van der Waals surface area (Å²) in [6, 6.07) is 39.2. The molecule has 3 heteroatoms. The van der Waals surface area contributed by atoms with Crippen molar-refractivity contribution in [1.29, 1.82) is 0 Å². The largest absolute Gasteiger partial charge is 0.344 e. The van der Waals surface area contributed by atoms with Crippen LogP contribution in [-0.2, 0) is 39.8 Å². The topological polar surface area (TPSA) is 8.17 Å². The van der Waals surface area contributed by atoms with Crippen molar-refractivity contribution in [2.45, 2.75) is 62.3 Å². The predicted octanol–water partition coefficient (Wildman–Crippen LogP) is 11.0. The number of aromatic nitrogens is 1. The van der Waals surface area contributed by atoms with Crippen LogP contribution < -0.4 is 0 Å². The van der Waals surface area contributed by atoms with E-state index in [1.54, 1.807) is 0 Å². The van der Waals surface area contributed by atoms with Crippen molar-refractivity contribution in [2.75, 3.05) is 20.6 Å². The first-order chi connectivity index (χ1) is 19.1. The molecule has 0 unspecified atom stereocenters. The number of hydrogen-bond acceptors (Lipinski definition) is 1. The van der Waals surface area contributed by atoms with Gasteiger partial charge in [0.25, 0.3) is 0 Å². The van der Waals surface area contributed by atoms with Gasteiger partial charge in [-0.1, -0.05) is 98.7 Å². The molecular weight excluding hydrogens is 561 g/mol. The Morgan fingerprint density at radius 3 is 1.12 bits per heavy atom. The van der Waals surface area contributed by atoms with Gasteiger partial charge in [-0.3, -0.25) is 0 Å². The van der Waals surface area contributed by atoms with Crippen LogP contribution in [-0.4, -0.2) is 30.1 Å². The van der Waals surface area contributed by atoms with Crippen LogP contribution in [0.25, 0.3) is 32.9 Å². The normalized spacial score (nSPS) is 8.62. The van der Waals surface area contributed by atoms with Crippen LogP contribution in [0.3, 0.4) is 0 Å². The van der Waals surface area contributed by atoms with E-state index in [1.807, 2.05) is 104 Å². The van der Waals surface area contributed by atoms with E-state index < -0.39 is 0 Å². The summed E-state index contributed by atoms with van der Waals surface area (Å²) in [5.41, 5.74) is 4.79. The van der Waals surface area contributed by atoms with Gasteiger partial charge in [0.05, 0.1) is 0 Å². The van der Waals surface area contributed by atoms with Gasteiger partial charge in [0.1, 0.15) is 0 Å². The molecule has 0 atom stereocenters. The van der Waals surface area contributed by atoms with Crippen molar-refractivity contribution >= 4 is 21.8 Å². The third-order valence-electron chi connectivity index (χ3n) is 5.16. The Bertz CT molecular complexity index is 1110. The van der Waals surface area contributed by atoms with Crippen LogP contribution in [0.1, 0.15) is 62.3 Å². The number of benzene rings is 4. The van der Waals surface area contributed by atoms with E-state index in [2.05, 4.69) is 98.2 Å². The molecule has 0 saturated heterocycles. The summed E-state index contributed by atoms with van der Waals surface area (Å²) in [7, 11) is 6.23. The summed E-state index contributed by atoms with van der Waals surface area (Å²) < 4.78 is 2.24. The van der Waals surface area contributed by atoms with Gasteiger partial charge in [-0.25, -0.2) is 11.1 Å². The van der Waals surface area contributed by atoms with Gasteiger partial charge in [-0.05, 0) is 32.8 Å². The molecule has 0 bridgehead atoms. The SMILES string of the molecule is CC.CC.CC.CC.CCN(C)C.Cn1c2ccccc2c2ccccc21.[Y].[c-]1ccccc1-c1[c-]cccc1. The average Bonchev–Trinajstić information content (AvgIpc) is 3.34. The first kappa shape index (κ1) is 42.2. The molecule has 5 aromatic rings. The maximum Gasteiger partial charge on any atom is 0.0488 e. The fourth-order valence-electron chi connectivity index (χ4n) is 3.24. The third-order valence-corrected chi connectivity index (χ3v) is 5.16. The van der Waals surface area contributed by atoms with Crippen molar-refractivity contribution in [2.24, 2.45) is 7.05 Å². The Balaban J connectivity index is -0.000000481. The van der Waals surface area contributed by atoms with E-state index in [9.17, 15) is 0 Å². The van der Waals surface area contributed by atoms with E-state index in [0.717, 1.165) is 17.7 Å². The Kier molecular flexibility index (Phi) is 29.8. The molecule has 1 radical (unpaired) electrons. The first-order valence-corrected chi connectivity index (χ1v) is 14.6. The van der Waals surface area contributed by atoms with Gasteiger partial charge in [0.2, 0.25) is 0 Å². The molecule has 0 aliphatic rings. The number of hydrogen-bond donors (Lipinski definition) is 0. The minimum atomic E-state index is 0. The summed E-state index contributed by atoms with van der Waals surface area (Å²) >= 11 is 0. The minimum absolute atomic E-state index is 0. The standard InChI is InChI=1S/C13H11N.C12H8.C4H11N.4C2H6.Y/c1-14-12-8-4-2-6-10(12)11-7-3-5-9-13(11)14;1-3-7-11(8-4-1)12-9-5-2-6-10-12;1-4-5(2)3;4*1-2;/h2-9H,1H3;1-7,9H;4H2,1-3H3;4*1-2H3;/q;-2;;;;;;. The molecule has 0 spiro atoms. The second kappa shape index (κ2) is 28.3. The van der Waals surface area contributed by atoms with Crippen molar-refractivity contribution in [3.05, 3.63) is 109 Å². The average molecular weight is 616 g/mol. The van der Waals surface area contributed by atoms with Crippen LogP contribution in [0, 0.1) is 12.1 Å². The maximum atomic E-state index is 3.15. The zero-order valence-corrected chi connectivity index (χ0v) is 30.3. The summed E-state index contributed by atoms with van der Waals surface area (Å²) in [5.74, 6) is 0. The van der Waals surface area contributed by atoms with Crippen LogP contribution in [0.4, 0.5) is 0 Å². The maximum absolute atomic E-state index is 3.15. The van der Waals surface area contributed by atoms with E-state index in [1.165, 1.54) is 21.8 Å². The molecule has 5 rings (SSSR count). The number of aryl methyl sites for hydroxylation is 1. The summed E-state index contributed by atoms with van der Waals surface area (Å²) in [6.07, 6.45) is 0. The summed E-state index contributed by atoms with van der Waals surface area (Å²) in [5, 5.41) is 2.68. The fraction of sp³-hybridized carbons (Fsp3) is 0.351. The molecular formula is C37H54N2Y-2. The minimum Gasteiger partial charge on any atom is -0.344 e. The molecule has 0 N–H and O–H groups in total. The van der Waals surface area contributed by atoms with Gasteiger partial charge >= 0.3 is 0 Å².